The van der Waals surface area contributed by atoms with Crippen LogP contribution in [-0.4, -0.2) is 35.6 Å². The molecule has 3 amide bonds. The van der Waals surface area contributed by atoms with Crippen molar-refractivity contribution in [3.63, 3.8) is 0 Å². The van der Waals surface area contributed by atoms with Crippen LogP contribution in [0, 0.1) is 0 Å². The van der Waals surface area contributed by atoms with Crippen LogP contribution in [-0.2, 0) is 9.59 Å². The molecular weight excluding hydrogens is 302 g/mol. The summed E-state index contributed by atoms with van der Waals surface area (Å²) in [7, 11) is 0. The fraction of sp³-hybridized carbons (Fsp3) is 0.400. The molecule has 1 aliphatic carbocycles. The maximum absolute atomic E-state index is 12.1. The second-order valence-corrected chi connectivity index (χ2v) is 6.87. The van der Waals surface area contributed by atoms with E-state index in [1.807, 2.05) is 13.0 Å². The van der Waals surface area contributed by atoms with Gasteiger partial charge in [0.2, 0.25) is 11.8 Å². The molecule has 1 unspecified atom stereocenters. The van der Waals surface area contributed by atoms with Crippen molar-refractivity contribution in [3.8, 4) is 0 Å². The Morgan fingerprint density at radius 1 is 1.36 bits per heavy atom. The molecule has 1 aliphatic heterocycles. The van der Waals surface area contributed by atoms with E-state index in [4.69, 9.17) is 0 Å². The SMILES string of the molecule is CC1Sc2ccc(C(=O)NCC(=O)NC3CC3)cc2NC1=O. The summed E-state index contributed by atoms with van der Waals surface area (Å²) in [5.74, 6) is -0.572. The average Bonchev–Trinajstić information content (AvgIpc) is 3.29. The van der Waals surface area contributed by atoms with Crippen molar-refractivity contribution in [2.24, 2.45) is 0 Å². The van der Waals surface area contributed by atoms with Gasteiger partial charge >= 0.3 is 0 Å². The second kappa shape index (κ2) is 6.00. The Morgan fingerprint density at radius 3 is 2.86 bits per heavy atom. The lowest BCUT2D eigenvalue weighted by atomic mass is 10.1. The zero-order valence-electron chi connectivity index (χ0n) is 12.1. The van der Waals surface area contributed by atoms with Crippen LogP contribution in [0.25, 0.3) is 0 Å². The van der Waals surface area contributed by atoms with E-state index in [0.717, 1.165) is 17.7 Å². The molecule has 0 radical (unpaired) electrons. The van der Waals surface area contributed by atoms with Crippen molar-refractivity contribution >= 4 is 35.2 Å². The van der Waals surface area contributed by atoms with Crippen molar-refractivity contribution in [1.82, 2.24) is 10.6 Å². The Balaban J connectivity index is 1.62. The van der Waals surface area contributed by atoms with Gasteiger partial charge in [-0.3, -0.25) is 14.4 Å². The third kappa shape index (κ3) is 3.41. The molecule has 22 heavy (non-hydrogen) atoms. The molecule has 1 aromatic carbocycles. The van der Waals surface area contributed by atoms with Gasteiger partial charge in [0.1, 0.15) is 0 Å². The lowest BCUT2D eigenvalue weighted by Crippen LogP contribution is -2.37. The Hall–Kier alpha value is -2.02. The molecule has 116 valence electrons. The molecule has 0 spiro atoms. The normalized spacial score (nSPS) is 19.9. The van der Waals surface area contributed by atoms with Gasteiger partial charge in [0, 0.05) is 16.5 Å². The summed E-state index contributed by atoms with van der Waals surface area (Å²) < 4.78 is 0. The Labute approximate surface area is 132 Å². The molecule has 1 aromatic rings. The third-order valence-electron chi connectivity index (χ3n) is 3.52. The van der Waals surface area contributed by atoms with Gasteiger partial charge in [-0.25, -0.2) is 0 Å². The van der Waals surface area contributed by atoms with Crippen LogP contribution in [0.1, 0.15) is 30.1 Å². The minimum atomic E-state index is -0.327. The highest BCUT2D eigenvalue weighted by molar-refractivity contribution is 8.00. The fourth-order valence-corrected chi connectivity index (χ4v) is 3.05. The van der Waals surface area contributed by atoms with Gasteiger partial charge in [-0.1, -0.05) is 0 Å². The number of fused-ring (bicyclic) bond motifs is 1. The van der Waals surface area contributed by atoms with Crippen LogP contribution in [0.15, 0.2) is 23.1 Å². The third-order valence-corrected chi connectivity index (χ3v) is 4.70. The van der Waals surface area contributed by atoms with Crippen LogP contribution in [0.5, 0.6) is 0 Å². The van der Waals surface area contributed by atoms with E-state index in [9.17, 15) is 14.4 Å². The first kappa shape index (κ1) is 14.9. The highest BCUT2D eigenvalue weighted by atomic mass is 32.2. The lowest BCUT2D eigenvalue weighted by Gasteiger charge is -2.21. The summed E-state index contributed by atoms with van der Waals surface area (Å²) in [6, 6.07) is 5.43. The van der Waals surface area contributed by atoms with Gasteiger partial charge in [-0.05, 0) is 38.0 Å². The smallest absolute Gasteiger partial charge is 0.251 e. The van der Waals surface area contributed by atoms with Crippen LogP contribution in [0.2, 0.25) is 0 Å². The Kier molecular flexibility index (Phi) is 4.06. The van der Waals surface area contributed by atoms with Crippen molar-refractivity contribution in [2.75, 3.05) is 11.9 Å². The maximum Gasteiger partial charge on any atom is 0.251 e. The minimum Gasteiger partial charge on any atom is -0.352 e. The number of carbonyl (C=O) groups excluding carboxylic acids is 3. The molecule has 1 heterocycles. The van der Waals surface area contributed by atoms with E-state index in [2.05, 4.69) is 16.0 Å². The van der Waals surface area contributed by atoms with Crippen molar-refractivity contribution < 1.29 is 14.4 Å². The summed E-state index contributed by atoms with van der Waals surface area (Å²) in [5, 5.41) is 8.04. The number of amides is 3. The Morgan fingerprint density at radius 2 is 2.14 bits per heavy atom. The van der Waals surface area contributed by atoms with Gasteiger partial charge < -0.3 is 16.0 Å². The molecule has 7 heteroatoms. The molecule has 1 fully saturated rings. The van der Waals surface area contributed by atoms with Gasteiger partial charge in [-0.15, -0.1) is 11.8 Å². The molecule has 0 aromatic heterocycles. The number of benzene rings is 1. The van der Waals surface area contributed by atoms with E-state index in [1.165, 1.54) is 11.8 Å². The number of anilines is 1. The quantitative estimate of drug-likeness (QED) is 0.776. The van der Waals surface area contributed by atoms with Crippen molar-refractivity contribution in [1.29, 1.82) is 0 Å². The van der Waals surface area contributed by atoms with Gasteiger partial charge in [-0.2, -0.15) is 0 Å². The molecule has 2 aliphatic rings. The lowest BCUT2D eigenvalue weighted by molar-refractivity contribution is -0.120. The first-order valence-electron chi connectivity index (χ1n) is 7.22. The van der Waals surface area contributed by atoms with Crippen molar-refractivity contribution in [2.45, 2.75) is 36.0 Å². The predicted octanol–water partition coefficient (Wildman–Crippen LogP) is 1.13. The number of rotatable bonds is 4. The number of carbonyl (C=O) groups is 3. The molecule has 0 saturated heterocycles. The highest BCUT2D eigenvalue weighted by Gasteiger charge is 2.25. The molecular formula is C15H17N3O3S. The van der Waals surface area contributed by atoms with E-state index in [-0.39, 0.29) is 35.6 Å². The van der Waals surface area contributed by atoms with Gasteiger partial charge in [0.25, 0.3) is 5.91 Å². The monoisotopic (exact) mass is 319 g/mol. The van der Waals surface area contributed by atoms with Crippen LogP contribution in [0.3, 0.4) is 0 Å². The molecule has 0 bridgehead atoms. The number of nitrogens with one attached hydrogen (secondary N) is 3. The zero-order valence-corrected chi connectivity index (χ0v) is 13.0. The maximum atomic E-state index is 12.1. The standard InChI is InChI=1S/C15H17N3O3S/c1-8-14(20)18-11-6-9(2-5-12(11)22-8)15(21)16-7-13(19)17-10-3-4-10/h2,5-6,8,10H,3-4,7H2,1H3,(H,16,21)(H,17,19)(H,18,20). The minimum absolute atomic E-state index is 0.0371. The second-order valence-electron chi connectivity index (χ2n) is 5.48. The van der Waals surface area contributed by atoms with E-state index >= 15 is 0 Å². The van der Waals surface area contributed by atoms with Gasteiger partial charge in [0.15, 0.2) is 0 Å². The Bertz CT molecular complexity index is 643. The molecule has 1 atom stereocenters. The summed E-state index contributed by atoms with van der Waals surface area (Å²) >= 11 is 1.46. The molecule has 3 N–H and O–H groups in total. The van der Waals surface area contributed by atoms with Crippen LogP contribution < -0.4 is 16.0 Å². The number of hydrogen-bond acceptors (Lipinski definition) is 4. The summed E-state index contributed by atoms with van der Waals surface area (Å²) in [4.78, 5) is 36.2. The van der Waals surface area contributed by atoms with Gasteiger partial charge in [0.05, 0.1) is 17.5 Å². The largest absolute Gasteiger partial charge is 0.352 e. The van der Waals surface area contributed by atoms with E-state index in [0.29, 0.717) is 11.3 Å². The van der Waals surface area contributed by atoms with Crippen LogP contribution in [0.4, 0.5) is 5.69 Å². The predicted molar refractivity (Wildman–Crippen MR) is 83.9 cm³/mol. The molecule has 3 rings (SSSR count). The fourth-order valence-electron chi connectivity index (χ4n) is 2.12. The van der Waals surface area contributed by atoms with E-state index in [1.54, 1.807) is 12.1 Å². The molecule has 6 nitrogen and oxygen atoms in total. The summed E-state index contributed by atoms with van der Waals surface area (Å²) in [6.07, 6.45) is 2.03. The highest BCUT2D eigenvalue weighted by Crippen LogP contribution is 2.35. The first-order chi connectivity index (χ1) is 10.5. The van der Waals surface area contributed by atoms with Crippen LogP contribution >= 0.6 is 11.8 Å². The number of hydrogen-bond donors (Lipinski definition) is 3. The summed E-state index contributed by atoms with van der Waals surface area (Å²) in [6.45, 7) is 1.80. The first-order valence-corrected chi connectivity index (χ1v) is 8.10. The summed E-state index contributed by atoms with van der Waals surface area (Å²) in [5.41, 5.74) is 1.07. The van der Waals surface area contributed by atoms with Crippen molar-refractivity contribution in [3.05, 3.63) is 23.8 Å². The topological polar surface area (TPSA) is 87.3 Å². The average molecular weight is 319 g/mol. The number of thioether (sulfide) groups is 1. The zero-order chi connectivity index (χ0) is 15.7. The molecule has 1 saturated carbocycles. The van der Waals surface area contributed by atoms with E-state index < -0.39 is 0 Å².